The van der Waals surface area contributed by atoms with Crippen molar-refractivity contribution in [1.82, 2.24) is 9.80 Å². The molecule has 1 saturated carbocycles. The third kappa shape index (κ3) is 5.29. The highest BCUT2D eigenvalue weighted by atomic mass is 32.1. The quantitative estimate of drug-likeness (QED) is 0.380. The zero-order chi connectivity index (χ0) is 23.3. The second-order valence-electron chi connectivity index (χ2n) is 10.2. The van der Waals surface area contributed by atoms with E-state index in [1.165, 1.54) is 36.0 Å². The van der Waals surface area contributed by atoms with Crippen molar-refractivity contribution in [2.45, 2.75) is 57.5 Å². The summed E-state index contributed by atoms with van der Waals surface area (Å²) in [4.78, 5) is 18.7. The van der Waals surface area contributed by atoms with Crippen molar-refractivity contribution >= 4 is 17.2 Å². The molecule has 3 aromatic rings. The number of likely N-dealkylation sites (tertiary alicyclic amines) is 1. The average Bonchev–Trinajstić information content (AvgIpc) is 3.53. The minimum Gasteiger partial charge on any atom is -0.335 e. The van der Waals surface area contributed by atoms with Crippen molar-refractivity contribution in [2.24, 2.45) is 5.92 Å². The summed E-state index contributed by atoms with van der Waals surface area (Å²) in [6.07, 6.45) is 6.05. The topological polar surface area (TPSA) is 23.6 Å². The highest BCUT2D eigenvalue weighted by molar-refractivity contribution is 7.07. The third-order valence-corrected chi connectivity index (χ3v) is 8.55. The molecule has 4 heteroatoms. The van der Waals surface area contributed by atoms with Gasteiger partial charge in [-0.05, 0) is 71.3 Å². The number of carbonyl (C=O) groups excluding carboxylic acids is 1. The Balaban J connectivity index is 1.42. The van der Waals surface area contributed by atoms with Crippen LogP contribution in [0.25, 0.3) is 0 Å². The van der Waals surface area contributed by atoms with Gasteiger partial charge in [0.1, 0.15) is 0 Å². The van der Waals surface area contributed by atoms with Gasteiger partial charge < -0.3 is 4.90 Å². The first-order chi connectivity index (χ1) is 16.7. The van der Waals surface area contributed by atoms with Gasteiger partial charge in [0.05, 0.1) is 0 Å². The summed E-state index contributed by atoms with van der Waals surface area (Å²) < 4.78 is 0. The average molecular weight is 473 g/mol. The summed E-state index contributed by atoms with van der Waals surface area (Å²) in [6.45, 7) is 6.18. The van der Waals surface area contributed by atoms with E-state index < -0.39 is 0 Å². The van der Waals surface area contributed by atoms with Crippen LogP contribution in [0.2, 0.25) is 0 Å². The zero-order valence-electron chi connectivity index (χ0n) is 20.2. The molecule has 2 aromatic carbocycles. The smallest absolute Gasteiger partial charge is 0.254 e. The summed E-state index contributed by atoms with van der Waals surface area (Å²) in [6, 6.07) is 21.4. The Kier molecular flexibility index (Phi) is 7.46. The van der Waals surface area contributed by atoms with Crippen molar-refractivity contribution in [1.29, 1.82) is 0 Å². The van der Waals surface area contributed by atoms with Gasteiger partial charge in [-0.15, -0.1) is 0 Å². The van der Waals surface area contributed by atoms with Gasteiger partial charge in [0.25, 0.3) is 5.91 Å². The molecule has 34 heavy (non-hydrogen) atoms. The highest BCUT2D eigenvalue weighted by Gasteiger charge is 2.38. The molecule has 178 valence electrons. The molecule has 0 N–H and O–H groups in total. The lowest BCUT2D eigenvalue weighted by atomic mass is 9.85. The SMILES string of the molecule is Cc1ccccc1[C@H]1CN(Cc2ccsc2)C[C@H]1CN(C(=O)c1ccccc1)C1CCCCC1. The highest BCUT2D eigenvalue weighted by Crippen LogP contribution is 2.37. The lowest BCUT2D eigenvalue weighted by Gasteiger charge is -2.37. The van der Waals surface area contributed by atoms with Crippen molar-refractivity contribution in [3.63, 3.8) is 0 Å². The molecular formula is C30H36N2OS. The summed E-state index contributed by atoms with van der Waals surface area (Å²) in [5.41, 5.74) is 5.05. The first kappa shape index (κ1) is 23.3. The maximum atomic E-state index is 13.8. The van der Waals surface area contributed by atoms with Crippen LogP contribution in [0.3, 0.4) is 0 Å². The van der Waals surface area contributed by atoms with Crippen LogP contribution in [0.4, 0.5) is 0 Å². The predicted molar refractivity (Wildman–Crippen MR) is 141 cm³/mol. The molecule has 5 rings (SSSR count). The van der Waals surface area contributed by atoms with Crippen LogP contribution in [-0.2, 0) is 6.54 Å². The Morgan fingerprint density at radius 2 is 1.74 bits per heavy atom. The summed E-state index contributed by atoms with van der Waals surface area (Å²) in [5, 5.41) is 4.44. The number of aryl methyl sites for hydroxylation is 1. The fraction of sp³-hybridized carbons (Fsp3) is 0.433. The van der Waals surface area contributed by atoms with E-state index in [1.807, 2.05) is 30.3 Å². The Morgan fingerprint density at radius 3 is 2.47 bits per heavy atom. The molecule has 0 radical (unpaired) electrons. The van der Waals surface area contributed by atoms with Gasteiger partial charge in [-0.1, -0.05) is 61.7 Å². The number of hydrogen-bond donors (Lipinski definition) is 0. The van der Waals surface area contributed by atoms with E-state index in [4.69, 9.17) is 0 Å². The Bertz CT molecular complexity index is 1060. The molecule has 2 fully saturated rings. The summed E-state index contributed by atoms with van der Waals surface area (Å²) >= 11 is 1.77. The summed E-state index contributed by atoms with van der Waals surface area (Å²) in [7, 11) is 0. The number of amides is 1. The second-order valence-corrected chi connectivity index (χ2v) is 10.9. The van der Waals surface area contributed by atoms with Crippen LogP contribution in [0.5, 0.6) is 0 Å². The Hall–Kier alpha value is -2.43. The van der Waals surface area contributed by atoms with Crippen molar-refractivity contribution in [2.75, 3.05) is 19.6 Å². The molecule has 1 aromatic heterocycles. The standard InChI is InChI=1S/C30H36N2OS/c1-23-10-8-9-15-28(23)29-21-31(18-24-16-17-34-22-24)19-26(29)20-32(27-13-6-3-7-14-27)30(33)25-11-4-2-5-12-25/h2,4-5,8-12,15-17,22,26-27,29H,3,6-7,13-14,18-21H2,1H3/t26-,29-/m0/s1. The number of benzene rings is 2. The van der Waals surface area contributed by atoms with E-state index in [1.54, 1.807) is 11.3 Å². The van der Waals surface area contributed by atoms with Gasteiger partial charge in [0.2, 0.25) is 0 Å². The van der Waals surface area contributed by atoms with E-state index in [9.17, 15) is 4.79 Å². The van der Waals surface area contributed by atoms with Crippen molar-refractivity contribution in [3.05, 3.63) is 93.7 Å². The van der Waals surface area contributed by atoms with Gasteiger partial charge in [0, 0.05) is 43.7 Å². The Morgan fingerprint density at radius 1 is 0.971 bits per heavy atom. The molecule has 2 heterocycles. The van der Waals surface area contributed by atoms with Crippen LogP contribution in [0, 0.1) is 12.8 Å². The molecule has 1 aliphatic carbocycles. The van der Waals surface area contributed by atoms with Gasteiger partial charge in [0.15, 0.2) is 0 Å². The van der Waals surface area contributed by atoms with Crippen molar-refractivity contribution < 1.29 is 4.79 Å². The molecule has 3 nitrogen and oxygen atoms in total. The van der Waals surface area contributed by atoms with Gasteiger partial charge in [-0.25, -0.2) is 0 Å². The molecule has 0 spiro atoms. The molecule has 0 bridgehead atoms. The Labute approximate surface area is 208 Å². The van der Waals surface area contributed by atoms with Crippen LogP contribution < -0.4 is 0 Å². The lowest BCUT2D eigenvalue weighted by Crippen LogP contribution is -2.45. The monoisotopic (exact) mass is 472 g/mol. The molecule has 1 aliphatic heterocycles. The number of hydrogen-bond acceptors (Lipinski definition) is 3. The van der Waals surface area contributed by atoms with E-state index in [0.29, 0.717) is 17.9 Å². The molecule has 2 aliphatic rings. The maximum Gasteiger partial charge on any atom is 0.254 e. The van der Waals surface area contributed by atoms with E-state index >= 15 is 0 Å². The number of rotatable bonds is 7. The molecule has 1 amide bonds. The number of carbonyl (C=O) groups is 1. The molecule has 0 unspecified atom stereocenters. The van der Waals surface area contributed by atoms with E-state index in [0.717, 1.165) is 44.6 Å². The predicted octanol–water partition coefficient (Wildman–Crippen LogP) is 6.75. The molecular weight excluding hydrogens is 436 g/mol. The first-order valence-corrected chi connectivity index (χ1v) is 13.8. The number of thiophene rings is 1. The van der Waals surface area contributed by atoms with E-state index in [-0.39, 0.29) is 5.91 Å². The van der Waals surface area contributed by atoms with Crippen molar-refractivity contribution in [3.8, 4) is 0 Å². The number of nitrogens with zero attached hydrogens (tertiary/aromatic N) is 2. The maximum absolute atomic E-state index is 13.8. The van der Waals surface area contributed by atoms with Crippen LogP contribution in [0.1, 0.15) is 65.1 Å². The largest absolute Gasteiger partial charge is 0.335 e. The minimum atomic E-state index is 0.215. The minimum absolute atomic E-state index is 0.215. The molecule has 1 saturated heterocycles. The van der Waals surface area contributed by atoms with Gasteiger partial charge in [-0.3, -0.25) is 9.69 Å². The normalized spacial score (nSPS) is 21.6. The van der Waals surface area contributed by atoms with Crippen LogP contribution in [-0.4, -0.2) is 41.4 Å². The fourth-order valence-electron chi connectivity index (χ4n) is 6.06. The van der Waals surface area contributed by atoms with E-state index in [2.05, 4.69) is 57.8 Å². The fourth-order valence-corrected chi connectivity index (χ4v) is 6.72. The lowest BCUT2D eigenvalue weighted by molar-refractivity contribution is 0.0588. The zero-order valence-corrected chi connectivity index (χ0v) is 21.1. The third-order valence-electron chi connectivity index (χ3n) is 7.82. The first-order valence-electron chi connectivity index (χ1n) is 12.8. The van der Waals surface area contributed by atoms with Gasteiger partial charge >= 0.3 is 0 Å². The second kappa shape index (κ2) is 10.9. The van der Waals surface area contributed by atoms with Gasteiger partial charge in [-0.2, -0.15) is 11.3 Å². The summed E-state index contributed by atoms with van der Waals surface area (Å²) in [5.74, 6) is 1.11. The molecule has 2 atom stereocenters. The van der Waals surface area contributed by atoms with Crippen LogP contribution >= 0.6 is 11.3 Å². The van der Waals surface area contributed by atoms with Crippen LogP contribution in [0.15, 0.2) is 71.4 Å².